The molecule has 0 spiro atoms. The van der Waals surface area contributed by atoms with E-state index < -0.39 is 5.83 Å². The van der Waals surface area contributed by atoms with E-state index in [2.05, 4.69) is 29.1 Å². The number of benzene rings is 1. The maximum Gasteiger partial charge on any atom is 0.166 e. The Bertz CT molecular complexity index is 631. The van der Waals surface area contributed by atoms with Gasteiger partial charge in [0.15, 0.2) is 5.78 Å². The first kappa shape index (κ1) is 14.9. The molecule has 0 N–H and O–H groups in total. The van der Waals surface area contributed by atoms with Crippen molar-refractivity contribution in [2.24, 2.45) is 5.92 Å². The summed E-state index contributed by atoms with van der Waals surface area (Å²) in [7, 11) is 0. The fourth-order valence-corrected chi connectivity index (χ4v) is 2.77. The molecule has 1 nitrogen and oxygen atoms in total. The fraction of sp³-hybridized carbons (Fsp3) is 0.188. The van der Waals surface area contributed by atoms with E-state index in [1.54, 1.807) is 0 Å². The van der Waals surface area contributed by atoms with Crippen LogP contribution in [0.5, 0.6) is 0 Å². The Hall–Kier alpha value is -1.55. The van der Waals surface area contributed by atoms with Crippen molar-refractivity contribution in [3.05, 3.63) is 70.3 Å². The van der Waals surface area contributed by atoms with Crippen molar-refractivity contribution in [3.63, 3.8) is 0 Å². The summed E-state index contributed by atoms with van der Waals surface area (Å²) in [5.41, 5.74) is 1.53. The fourth-order valence-electron chi connectivity index (χ4n) is 2.42. The number of fused-ring (bicyclic) bond motifs is 1. The van der Waals surface area contributed by atoms with Crippen molar-refractivity contribution in [3.8, 4) is 0 Å². The third-order valence-electron chi connectivity index (χ3n) is 3.42. The number of hydrogen-bond acceptors (Lipinski definition) is 1. The van der Waals surface area contributed by atoms with Crippen LogP contribution in [0.3, 0.4) is 0 Å². The Morgan fingerprint density at radius 3 is 2.80 bits per heavy atom. The number of hydrogen-bond donors (Lipinski definition) is 0. The lowest BCUT2D eigenvalue weighted by Gasteiger charge is -2.11. The van der Waals surface area contributed by atoms with E-state index in [9.17, 15) is 13.6 Å². The van der Waals surface area contributed by atoms with Crippen molar-refractivity contribution in [1.29, 1.82) is 0 Å². The van der Waals surface area contributed by atoms with Gasteiger partial charge >= 0.3 is 0 Å². The number of Topliss-reactive ketones (excluding diaryl/α,β-unsaturated/α-hetero) is 1. The van der Waals surface area contributed by atoms with Crippen molar-refractivity contribution in [2.75, 3.05) is 0 Å². The van der Waals surface area contributed by atoms with Crippen LogP contribution in [0, 0.1) is 11.7 Å². The summed E-state index contributed by atoms with van der Waals surface area (Å²) in [5, 5.41) is 0. The molecule has 0 saturated carbocycles. The van der Waals surface area contributed by atoms with E-state index in [-0.39, 0.29) is 23.9 Å². The highest BCUT2D eigenvalue weighted by Gasteiger charge is 2.32. The van der Waals surface area contributed by atoms with Crippen molar-refractivity contribution in [1.82, 2.24) is 0 Å². The zero-order chi connectivity index (χ0) is 14.9. The number of allylic oxidation sites excluding steroid dienone is 4. The Morgan fingerprint density at radius 2 is 2.20 bits per heavy atom. The first-order valence-electron chi connectivity index (χ1n) is 6.12. The summed E-state index contributed by atoms with van der Waals surface area (Å²) >= 11 is 3.14. The molecule has 1 aliphatic carbocycles. The molecule has 1 aromatic rings. The van der Waals surface area contributed by atoms with Crippen LogP contribution >= 0.6 is 15.9 Å². The molecular weight excluding hydrogens is 326 g/mol. The zero-order valence-electron chi connectivity index (χ0n) is 10.8. The molecule has 104 valence electrons. The number of halogens is 3. The molecule has 0 aliphatic heterocycles. The quantitative estimate of drug-likeness (QED) is 0.714. The lowest BCUT2D eigenvalue weighted by atomic mass is 9.95. The molecule has 0 aromatic heterocycles. The van der Waals surface area contributed by atoms with E-state index in [0.29, 0.717) is 27.6 Å². The highest BCUT2D eigenvalue weighted by molar-refractivity contribution is 9.11. The monoisotopic (exact) mass is 338 g/mol. The second-order valence-corrected chi connectivity index (χ2v) is 5.66. The molecule has 0 heterocycles. The van der Waals surface area contributed by atoms with Crippen molar-refractivity contribution in [2.45, 2.75) is 12.8 Å². The molecular formula is C16H13BrF2O. The SMILES string of the molecule is C=C/C(F)=C(/CC1Cc2cc(F)ccc2C1=O)C(=C)Br. The van der Waals surface area contributed by atoms with Crippen LogP contribution in [-0.4, -0.2) is 5.78 Å². The predicted molar refractivity (Wildman–Crippen MR) is 78.9 cm³/mol. The van der Waals surface area contributed by atoms with Crippen LogP contribution in [0.15, 0.2) is 53.3 Å². The van der Waals surface area contributed by atoms with Gasteiger partial charge in [-0.2, -0.15) is 0 Å². The van der Waals surface area contributed by atoms with Crippen LogP contribution in [0.2, 0.25) is 0 Å². The summed E-state index contributed by atoms with van der Waals surface area (Å²) in [6.07, 6.45) is 1.73. The Morgan fingerprint density at radius 1 is 1.50 bits per heavy atom. The van der Waals surface area contributed by atoms with E-state index in [0.717, 1.165) is 6.08 Å². The van der Waals surface area contributed by atoms with Gasteiger partial charge in [0.25, 0.3) is 0 Å². The van der Waals surface area contributed by atoms with E-state index >= 15 is 0 Å². The first-order valence-corrected chi connectivity index (χ1v) is 6.91. The summed E-state index contributed by atoms with van der Waals surface area (Å²) in [6, 6.07) is 4.12. The summed E-state index contributed by atoms with van der Waals surface area (Å²) in [5.74, 6) is -1.33. The van der Waals surface area contributed by atoms with Gasteiger partial charge in [0, 0.05) is 21.5 Å². The van der Waals surface area contributed by atoms with Gasteiger partial charge in [-0.1, -0.05) is 29.1 Å². The summed E-state index contributed by atoms with van der Waals surface area (Å²) in [6.45, 7) is 7.03. The van der Waals surface area contributed by atoms with Crippen LogP contribution < -0.4 is 0 Å². The lowest BCUT2D eigenvalue weighted by Crippen LogP contribution is -2.10. The van der Waals surface area contributed by atoms with Gasteiger partial charge in [-0.25, -0.2) is 8.78 Å². The smallest absolute Gasteiger partial charge is 0.166 e. The van der Waals surface area contributed by atoms with Gasteiger partial charge in [0.2, 0.25) is 0 Å². The van der Waals surface area contributed by atoms with Crippen LogP contribution in [0.1, 0.15) is 22.3 Å². The number of carbonyl (C=O) groups is 1. The lowest BCUT2D eigenvalue weighted by molar-refractivity contribution is 0.0936. The van der Waals surface area contributed by atoms with Gasteiger partial charge in [0.05, 0.1) is 0 Å². The third-order valence-corrected chi connectivity index (χ3v) is 3.89. The number of ketones is 1. The van der Waals surface area contributed by atoms with Crippen LogP contribution in [-0.2, 0) is 6.42 Å². The molecule has 0 fully saturated rings. The van der Waals surface area contributed by atoms with Crippen LogP contribution in [0.4, 0.5) is 8.78 Å². The second kappa shape index (κ2) is 5.83. The molecule has 1 unspecified atom stereocenters. The largest absolute Gasteiger partial charge is 0.294 e. The zero-order valence-corrected chi connectivity index (χ0v) is 12.3. The third kappa shape index (κ3) is 2.80. The number of carbonyl (C=O) groups excluding carboxylic acids is 1. The minimum Gasteiger partial charge on any atom is -0.294 e. The minimum absolute atomic E-state index is 0.0805. The molecule has 0 bridgehead atoms. The average Bonchev–Trinajstić information content (AvgIpc) is 2.70. The van der Waals surface area contributed by atoms with Gasteiger partial charge in [-0.15, -0.1) is 0 Å². The van der Waals surface area contributed by atoms with E-state index in [1.807, 2.05) is 0 Å². The van der Waals surface area contributed by atoms with Gasteiger partial charge in [-0.05, 0) is 42.7 Å². The van der Waals surface area contributed by atoms with Crippen molar-refractivity contribution >= 4 is 21.7 Å². The second-order valence-electron chi connectivity index (χ2n) is 4.71. The molecule has 1 aliphatic rings. The Kier molecular flexibility index (Phi) is 4.33. The van der Waals surface area contributed by atoms with Gasteiger partial charge in [0.1, 0.15) is 11.6 Å². The molecule has 1 atom stereocenters. The van der Waals surface area contributed by atoms with E-state index in [1.165, 1.54) is 18.2 Å². The summed E-state index contributed by atoms with van der Waals surface area (Å²) in [4.78, 5) is 12.2. The van der Waals surface area contributed by atoms with Crippen LogP contribution in [0.25, 0.3) is 0 Å². The maximum atomic E-state index is 13.7. The topological polar surface area (TPSA) is 17.1 Å². The molecule has 2 rings (SSSR count). The highest BCUT2D eigenvalue weighted by Crippen LogP contribution is 2.35. The molecule has 4 heteroatoms. The number of rotatable bonds is 4. The summed E-state index contributed by atoms with van der Waals surface area (Å²) < 4.78 is 27.3. The molecule has 0 saturated heterocycles. The molecule has 1 aromatic carbocycles. The average molecular weight is 339 g/mol. The standard InChI is InChI=1S/C16H13BrF2O/c1-3-15(19)14(9(2)17)8-11-6-10-7-12(18)4-5-13(10)16(11)20/h3-5,7,11H,1-2,6,8H2/b15-14+. The molecule has 0 amide bonds. The normalized spacial score (nSPS) is 18.6. The first-order chi connectivity index (χ1) is 9.43. The molecule has 20 heavy (non-hydrogen) atoms. The van der Waals surface area contributed by atoms with Gasteiger partial charge in [-0.3, -0.25) is 4.79 Å². The van der Waals surface area contributed by atoms with Crippen molar-refractivity contribution < 1.29 is 13.6 Å². The van der Waals surface area contributed by atoms with Gasteiger partial charge < -0.3 is 0 Å². The predicted octanol–water partition coefficient (Wildman–Crippen LogP) is 4.89. The highest BCUT2D eigenvalue weighted by atomic mass is 79.9. The van der Waals surface area contributed by atoms with E-state index in [4.69, 9.17) is 0 Å². The Balaban J connectivity index is 2.28. The molecule has 0 radical (unpaired) electrons. The maximum absolute atomic E-state index is 13.7. The Labute approximate surface area is 124 Å². The minimum atomic E-state index is -0.498.